The molecule has 236 valence electrons. The lowest BCUT2D eigenvalue weighted by Crippen LogP contribution is -2.20. The van der Waals surface area contributed by atoms with E-state index in [4.69, 9.17) is 0 Å². The second kappa shape index (κ2) is 16.3. The topological polar surface area (TPSA) is 58.0 Å². The van der Waals surface area contributed by atoms with Crippen LogP contribution in [0, 0.1) is 27.7 Å². The normalized spacial score (nSPS) is 11.0. The summed E-state index contributed by atoms with van der Waals surface area (Å²) in [5.41, 5.74) is 9.12. The maximum absolute atomic E-state index is 4.62. The Hall–Kier alpha value is -3.10. The third kappa shape index (κ3) is 8.98. The summed E-state index contributed by atoms with van der Waals surface area (Å²) in [4.78, 5) is 25.4. The molecule has 2 heterocycles. The number of benzene rings is 2. The number of thioether (sulfide) groups is 2. The quantitative estimate of drug-likeness (QED) is 0.160. The maximum atomic E-state index is 4.62. The molecule has 0 saturated heterocycles. The summed E-state index contributed by atoms with van der Waals surface area (Å²) >= 11 is 3.55. The summed E-state index contributed by atoms with van der Waals surface area (Å²) in [6.45, 7) is 22.9. The van der Waals surface area contributed by atoms with Crippen molar-refractivity contribution in [2.75, 3.05) is 35.4 Å². The molecule has 44 heavy (non-hydrogen) atoms. The molecule has 0 amide bonds. The molecule has 4 rings (SSSR count). The fourth-order valence-electron chi connectivity index (χ4n) is 5.05. The molecule has 6 nitrogen and oxygen atoms in total. The number of nitrogens with zero attached hydrogens (tertiary/aromatic N) is 6. The van der Waals surface area contributed by atoms with Crippen LogP contribution in [0.2, 0.25) is 0 Å². The first-order valence-corrected chi connectivity index (χ1v) is 17.9. The molecule has 0 aliphatic heterocycles. The highest BCUT2D eigenvalue weighted by atomic mass is 32.2. The summed E-state index contributed by atoms with van der Waals surface area (Å²) < 4.78 is 0. The van der Waals surface area contributed by atoms with Crippen molar-refractivity contribution in [3.63, 3.8) is 0 Å². The summed E-state index contributed by atoms with van der Waals surface area (Å²) in [5, 5.41) is 0. The molecule has 2 aromatic heterocycles. The van der Waals surface area contributed by atoms with Crippen molar-refractivity contribution in [1.29, 1.82) is 0 Å². The average molecular weight is 631 g/mol. The van der Waals surface area contributed by atoms with E-state index in [2.05, 4.69) is 120 Å². The minimum atomic E-state index is 0.535. The lowest BCUT2D eigenvalue weighted by molar-refractivity contribution is 0.857. The highest BCUT2D eigenvalue weighted by molar-refractivity contribution is 7.99. The standard InChI is InChI=1S/2C18H25N3S/c2*1-7-21(18-19-13(4)10-14(5)20-18)16-9-8-15(12(2)3)11-17(16)22-6/h2*8-12H,7H2,1-6H3. The van der Waals surface area contributed by atoms with E-state index in [-0.39, 0.29) is 0 Å². The van der Waals surface area contributed by atoms with Crippen LogP contribution in [0.5, 0.6) is 0 Å². The SMILES string of the molecule is CCN(c1nc(C)cc(C)n1)c1ccc(C(C)C)cc1SC.CCN(c1nc(C)cc(C)n1)c1ccc(C(C)C)cc1SC. The van der Waals surface area contributed by atoms with Gasteiger partial charge < -0.3 is 9.80 Å². The Morgan fingerprint density at radius 3 is 1.11 bits per heavy atom. The molecule has 0 radical (unpaired) electrons. The Morgan fingerprint density at radius 2 is 0.864 bits per heavy atom. The zero-order chi connectivity index (χ0) is 32.6. The van der Waals surface area contributed by atoms with Gasteiger partial charge in [0.25, 0.3) is 0 Å². The van der Waals surface area contributed by atoms with Gasteiger partial charge in [0.2, 0.25) is 11.9 Å². The number of aryl methyl sites for hydroxylation is 4. The van der Waals surface area contributed by atoms with Gasteiger partial charge in [0.05, 0.1) is 11.4 Å². The van der Waals surface area contributed by atoms with E-state index >= 15 is 0 Å². The van der Waals surface area contributed by atoms with Crippen LogP contribution < -0.4 is 9.80 Å². The van der Waals surface area contributed by atoms with Gasteiger partial charge in [-0.1, -0.05) is 39.8 Å². The van der Waals surface area contributed by atoms with Crippen molar-refractivity contribution in [3.8, 4) is 0 Å². The zero-order valence-corrected chi connectivity index (χ0v) is 30.3. The minimum absolute atomic E-state index is 0.535. The second-order valence-corrected chi connectivity index (χ2v) is 13.3. The van der Waals surface area contributed by atoms with E-state index in [0.717, 1.165) is 47.8 Å². The van der Waals surface area contributed by atoms with E-state index in [1.165, 1.54) is 32.3 Å². The molecule has 0 aliphatic carbocycles. The molecule has 0 fully saturated rings. The molecule has 0 bridgehead atoms. The molecule has 4 aromatic rings. The van der Waals surface area contributed by atoms with Gasteiger partial charge in [0.15, 0.2) is 0 Å². The molecule has 0 N–H and O–H groups in total. The van der Waals surface area contributed by atoms with Crippen LogP contribution in [0.1, 0.15) is 87.3 Å². The lowest BCUT2D eigenvalue weighted by Gasteiger charge is -2.24. The largest absolute Gasteiger partial charge is 0.310 e. The van der Waals surface area contributed by atoms with Gasteiger partial charge in [0.1, 0.15) is 0 Å². The van der Waals surface area contributed by atoms with Crippen molar-refractivity contribution in [2.45, 2.75) is 90.9 Å². The molecular weight excluding hydrogens is 581 g/mol. The Morgan fingerprint density at radius 1 is 0.545 bits per heavy atom. The minimum Gasteiger partial charge on any atom is -0.310 e. The highest BCUT2D eigenvalue weighted by Gasteiger charge is 2.17. The van der Waals surface area contributed by atoms with Gasteiger partial charge in [-0.3, -0.25) is 0 Å². The van der Waals surface area contributed by atoms with Crippen LogP contribution in [-0.4, -0.2) is 45.5 Å². The molecular formula is C36H50N6S2. The molecule has 0 unspecified atom stereocenters. The van der Waals surface area contributed by atoms with Gasteiger partial charge in [-0.15, -0.1) is 23.5 Å². The third-order valence-corrected chi connectivity index (χ3v) is 8.91. The number of aromatic nitrogens is 4. The van der Waals surface area contributed by atoms with Crippen LogP contribution in [0.25, 0.3) is 0 Å². The Bertz CT molecular complexity index is 1380. The fraction of sp³-hybridized carbons (Fsp3) is 0.444. The molecule has 0 atom stereocenters. The van der Waals surface area contributed by atoms with Gasteiger partial charge >= 0.3 is 0 Å². The monoisotopic (exact) mass is 630 g/mol. The van der Waals surface area contributed by atoms with Gasteiger partial charge in [-0.2, -0.15) is 0 Å². The number of rotatable bonds is 10. The van der Waals surface area contributed by atoms with Crippen LogP contribution in [0.15, 0.2) is 58.3 Å². The van der Waals surface area contributed by atoms with Crippen molar-refractivity contribution >= 4 is 46.8 Å². The van der Waals surface area contributed by atoms with E-state index < -0.39 is 0 Å². The first kappa shape index (κ1) is 35.4. The third-order valence-electron chi connectivity index (χ3n) is 7.38. The van der Waals surface area contributed by atoms with E-state index in [0.29, 0.717) is 11.8 Å². The van der Waals surface area contributed by atoms with Crippen molar-refractivity contribution in [2.24, 2.45) is 0 Å². The predicted molar refractivity (Wildman–Crippen MR) is 193 cm³/mol. The van der Waals surface area contributed by atoms with E-state index in [9.17, 15) is 0 Å². The average Bonchev–Trinajstić information content (AvgIpc) is 2.97. The van der Waals surface area contributed by atoms with Crippen LogP contribution in [-0.2, 0) is 0 Å². The summed E-state index contributed by atoms with van der Waals surface area (Å²) in [6.07, 6.45) is 4.25. The zero-order valence-electron chi connectivity index (χ0n) is 28.7. The molecule has 8 heteroatoms. The van der Waals surface area contributed by atoms with Crippen molar-refractivity contribution in [1.82, 2.24) is 19.9 Å². The number of hydrogen-bond donors (Lipinski definition) is 0. The summed E-state index contributed by atoms with van der Waals surface area (Å²) in [6, 6.07) is 17.4. The maximum Gasteiger partial charge on any atom is 0.230 e. The summed E-state index contributed by atoms with van der Waals surface area (Å²) in [7, 11) is 0. The van der Waals surface area contributed by atoms with E-state index in [1.807, 2.05) is 39.8 Å². The fourth-order valence-corrected chi connectivity index (χ4v) is 6.33. The van der Waals surface area contributed by atoms with Crippen LogP contribution in [0.4, 0.5) is 23.3 Å². The number of hydrogen-bond acceptors (Lipinski definition) is 8. The van der Waals surface area contributed by atoms with Gasteiger partial charge in [-0.05, 0) is 113 Å². The van der Waals surface area contributed by atoms with E-state index in [1.54, 1.807) is 23.5 Å². The number of anilines is 4. The lowest BCUT2D eigenvalue weighted by atomic mass is 10.0. The smallest absolute Gasteiger partial charge is 0.230 e. The predicted octanol–water partition coefficient (Wildman–Crippen LogP) is 10.2. The summed E-state index contributed by atoms with van der Waals surface area (Å²) in [5.74, 6) is 2.64. The van der Waals surface area contributed by atoms with Gasteiger partial charge in [-0.25, -0.2) is 19.9 Å². The highest BCUT2D eigenvalue weighted by Crippen LogP contribution is 2.36. The Kier molecular flexibility index (Phi) is 13.1. The molecule has 0 saturated carbocycles. The molecule has 0 aliphatic rings. The Balaban J connectivity index is 0.000000240. The Labute approximate surface area is 274 Å². The molecule has 2 aromatic carbocycles. The first-order valence-electron chi connectivity index (χ1n) is 15.5. The first-order chi connectivity index (χ1) is 20.9. The van der Waals surface area contributed by atoms with Crippen LogP contribution >= 0.6 is 23.5 Å². The van der Waals surface area contributed by atoms with Crippen molar-refractivity contribution < 1.29 is 0 Å². The van der Waals surface area contributed by atoms with Gasteiger partial charge in [0, 0.05) is 45.7 Å². The van der Waals surface area contributed by atoms with Crippen molar-refractivity contribution in [3.05, 3.63) is 82.4 Å². The second-order valence-electron chi connectivity index (χ2n) is 11.6. The molecule has 0 spiro atoms. The van der Waals surface area contributed by atoms with Crippen LogP contribution in [0.3, 0.4) is 0 Å².